The van der Waals surface area contributed by atoms with Gasteiger partial charge in [-0.1, -0.05) is 20.8 Å². The van der Waals surface area contributed by atoms with Gasteiger partial charge >= 0.3 is 5.97 Å². The van der Waals surface area contributed by atoms with E-state index in [1.54, 1.807) is 0 Å². The number of ketones is 1. The molecule has 3 saturated carbocycles. The van der Waals surface area contributed by atoms with Crippen molar-refractivity contribution in [3.05, 3.63) is 0 Å². The van der Waals surface area contributed by atoms with Gasteiger partial charge in [-0.15, -0.1) is 0 Å². The first kappa shape index (κ1) is 18.0. The zero-order valence-corrected chi connectivity index (χ0v) is 15.9. The van der Waals surface area contributed by atoms with Gasteiger partial charge < -0.3 is 24.8 Å². The van der Waals surface area contributed by atoms with E-state index in [0.29, 0.717) is 6.42 Å². The summed E-state index contributed by atoms with van der Waals surface area (Å²) in [6.45, 7) is 5.83. The SMILES string of the molecule is C[C@H]1[C@@H](O)[C@]2(O)OC[C@]34[C@H]2[C@@]2(C)[C@H](O)C(=O)C[C@@H](C)[C@@H]2C[C@H]3OC(=O)C[C@@H]14. The Hall–Kier alpha value is -1.02. The monoisotopic (exact) mass is 380 g/mol. The summed E-state index contributed by atoms with van der Waals surface area (Å²) < 4.78 is 11.7. The second-order valence-corrected chi connectivity index (χ2v) is 9.94. The molecule has 0 aromatic rings. The van der Waals surface area contributed by atoms with Gasteiger partial charge in [0.1, 0.15) is 18.3 Å². The van der Waals surface area contributed by atoms with Crippen LogP contribution in [0.5, 0.6) is 0 Å². The quantitative estimate of drug-likeness (QED) is 0.516. The van der Waals surface area contributed by atoms with E-state index in [2.05, 4.69) is 0 Å². The number of carbonyl (C=O) groups is 2. The lowest BCUT2D eigenvalue weighted by Gasteiger charge is -2.68. The smallest absolute Gasteiger partial charge is 0.306 e. The Bertz CT molecular complexity index is 723. The summed E-state index contributed by atoms with van der Waals surface area (Å²) in [5.74, 6) is -3.74. The average Bonchev–Trinajstić information content (AvgIpc) is 2.90. The highest BCUT2D eigenvalue weighted by Gasteiger charge is 2.82. The molecule has 2 saturated heterocycles. The summed E-state index contributed by atoms with van der Waals surface area (Å²) in [7, 11) is 0. The van der Waals surface area contributed by atoms with Gasteiger partial charge in [0.2, 0.25) is 0 Å². The van der Waals surface area contributed by atoms with Crippen molar-refractivity contribution < 1.29 is 34.4 Å². The van der Waals surface area contributed by atoms with Crippen LogP contribution in [0.3, 0.4) is 0 Å². The molecular formula is C20H28O7. The van der Waals surface area contributed by atoms with E-state index in [1.807, 2.05) is 20.8 Å². The van der Waals surface area contributed by atoms with Gasteiger partial charge in [0.25, 0.3) is 0 Å². The molecule has 2 heterocycles. The summed E-state index contributed by atoms with van der Waals surface area (Å²) >= 11 is 0. The fraction of sp³-hybridized carbons (Fsp3) is 0.900. The van der Waals surface area contributed by atoms with Crippen LogP contribution in [-0.2, 0) is 19.1 Å². The molecule has 2 aliphatic heterocycles. The Kier molecular flexibility index (Phi) is 3.42. The Morgan fingerprint density at radius 1 is 1.11 bits per heavy atom. The third-order valence-electron chi connectivity index (χ3n) is 9.00. The van der Waals surface area contributed by atoms with Crippen LogP contribution in [0.15, 0.2) is 0 Å². The fourth-order valence-corrected chi connectivity index (χ4v) is 7.96. The Morgan fingerprint density at radius 3 is 2.52 bits per heavy atom. The van der Waals surface area contributed by atoms with E-state index in [1.165, 1.54) is 0 Å². The average molecular weight is 380 g/mol. The largest absolute Gasteiger partial charge is 0.462 e. The van der Waals surface area contributed by atoms with Crippen molar-refractivity contribution in [2.45, 2.75) is 64.1 Å². The number of fused-ring (bicyclic) bond motifs is 1. The standard InChI is InChI=1S/C20H28O7/c1-8-4-12(21)16(24)18(3)10(8)5-13-19-7-26-20(25,17(18)19)15(23)9(2)11(19)6-14(22)27-13/h8-11,13,15-17,23-25H,4-7H2,1-3H3/t8-,9-,10+,11+,13-,15-,16-,17-,18-,19-,20+/m1/s1. The zero-order valence-electron chi connectivity index (χ0n) is 15.9. The maximum absolute atomic E-state index is 12.6. The van der Waals surface area contributed by atoms with E-state index < -0.39 is 40.8 Å². The van der Waals surface area contributed by atoms with Crippen LogP contribution in [0.4, 0.5) is 0 Å². The van der Waals surface area contributed by atoms with Crippen LogP contribution in [0.2, 0.25) is 0 Å². The molecule has 1 spiro atoms. The molecular weight excluding hydrogens is 352 g/mol. The zero-order chi connectivity index (χ0) is 19.5. The predicted octanol–water partition coefficient (Wildman–Crippen LogP) is 0.246. The molecule has 0 aromatic heterocycles. The van der Waals surface area contributed by atoms with Crippen molar-refractivity contribution in [3.63, 3.8) is 0 Å². The molecule has 27 heavy (non-hydrogen) atoms. The van der Waals surface area contributed by atoms with E-state index in [0.717, 1.165) is 0 Å². The van der Waals surface area contributed by atoms with Gasteiger partial charge in [-0.05, 0) is 30.1 Å². The van der Waals surface area contributed by atoms with Crippen molar-refractivity contribution >= 4 is 11.8 Å². The maximum Gasteiger partial charge on any atom is 0.306 e. The molecule has 0 radical (unpaired) electrons. The second-order valence-electron chi connectivity index (χ2n) is 9.94. The molecule has 150 valence electrons. The number of ether oxygens (including phenoxy) is 2. The highest BCUT2D eigenvalue weighted by Crippen LogP contribution is 2.73. The Balaban J connectivity index is 1.76. The van der Waals surface area contributed by atoms with Crippen LogP contribution >= 0.6 is 0 Å². The number of carbonyl (C=O) groups excluding carboxylic acids is 2. The highest BCUT2D eigenvalue weighted by molar-refractivity contribution is 5.85. The minimum atomic E-state index is -1.86. The topological polar surface area (TPSA) is 113 Å². The minimum absolute atomic E-state index is 0.0122. The van der Waals surface area contributed by atoms with Crippen molar-refractivity contribution in [2.24, 2.45) is 40.4 Å². The molecule has 5 aliphatic rings. The molecule has 0 unspecified atom stereocenters. The normalized spacial score (nSPS) is 61.9. The van der Waals surface area contributed by atoms with Crippen molar-refractivity contribution in [3.8, 4) is 0 Å². The summed E-state index contributed by atoms with van der Waals surface area (Å²) in [4.78, 5) is 24.9. The van der Waals surface area contributed by atoms with E-state index >= 15 is 0 Å². The first-order valence-corrected chi connectivity index (χ1v) is 10.0. The van der Waals surface area contributed by atoms with Crippen molar-refractivity contribution in [1.29, 1.82) is 0 Å². The summed E-state index contributed by atoms with van der Waals surface area (Å²) in [5.41, 5.74) is -1.63. The van der Waals surface area contributed by atoms with Crippen LogP contribution in [0.25, 0.3) is 0 Å². The fourth-order valence-electron chi connectivity index (χ4n) is 7.96. The van der Waals surface area contributed by atoms with Crippen LogP contribution < -0.4 is 0 Å². The van der Waals surface area contributed by atoms with Gasteiger partial charge in [0, 0.05) is 29.6 Å². The third kappa shape index (κ3) is 1.78. The van der Waals surface area contributed by atoms with Crippen molar-refractivity contribution in [2.75, 3.05) is 6.61 Å². The molecule has 2 bridgehead atoms. The Labute approximate surface area is 158 Å². The molecule has 7 heteroatoms. The van der Waals surface area contributed by atoms with Crippen molar-refractivity contribution in [1.82, 2.24) is 0 Å². The number of Topliss-reactive ketones (excluding diaryl/α,β-unsaturated/α-hetero) is 1. The predicted molar refractivity (Wildman–Crippen MR) is 91.0 cm³/mol. The number of aliphatic hydroxyl groups is 3. The van der Waals surface area contributed by atoms with E-state index in [4.69, 9.17) is 9.47 Å². The summed E-state index contributed by atoms with van der Waals surface area (Å²) in [5, 5.41) is 33.5. The van der Waals surface area contributed by atoms with E-state index in [-0.39, 0.29) is 54.9 Å². The lowest BCUT2D eigenvalue weighted by molar-refractivity contribution is -0.338. The van der Waals surface area contributed by atoms with Crippen LogP contribution in [0.1, 0.15) is 40.0 Å². The van der Waals surface area contributed by atoms with Gasteiger partial charge in [-0.3, -0.25) is 9.59 Å². The lowest BCUT2D eigenvalue weighted by Crippen LogP contribution is -2.76. The first-order valence-electron chi connectivity index (χ1n) is 10.0. The minimum Gasteiger partial charge on any atom is -0.462 e. The third-order valence-corrected chi connectivity index (χ3v) is 9.00. The molecule has 5 fully saturated rings. The molecule has 0 amide bonds. The van der Waals surface area contributed by atoms with Crippen LogP contribution in [-0.4, -0.2) is 57.8 Å². The Morgan fingerprint density at radius 2 is 1.81 bits per heavy atom. The van der Waals surface area contributed by atoms with E-state index in [9.17, 15) is 24.9 Å². The number of hydrogen-bond acceptors (Lipinski definition) is 7. The number of rotatable bonds is 0. The first-order chi connectivity index (χ1) is 12.6. The number of hydrogen-bond donors (Lipinski definition) is 3. The molecule has 11 atom stereocenters. The molecule has 5 rings (SSSR count). The van der Waals surface area contributed by atoms with Gasteiger partial charge in [-0.25, -0.2) is 0 Å². The van der Waals surface area contributed by atoms with Gasteiger partial charge in [0.15, 0.2) is 11.6 Å². The molecule has 3 N–H and O–H groups in total. The number of aliphatic hydroxyl groups excluding tert-OH is 2. The maximum atomic E-state index is 12.6. The lowest BCUT2D eigenvalue weighted by atomic mass is 9.37. The molecule has 3 aliphatic carbocycles. The summed E-state index contributed by atoms with van der Waals surface area (Å²) in [6.07, 6.45) is -1.88. The molecule has 7 nitrogen and oxygen atoms in total. The van der Waals surface area contributed by atoms with Gasteiger partial charge in [-0.2, -0.15) is 0 Å². The van der Waals surface area contributed by atoms with Gasteiger partial charge in [0.05, 0.1) is 6.61 Å². The highest BCUT2D eigenvalue weighted by atomic mass is 16.6. The summed E-state index contributed by atoms with van der Waals surface area (Å²) in [6, 6.07) is 0. The van der Waals surface area contributed by atoms with Crippen LogP contribution in [0, 0.1) is 40.4 Å². The second kappa shape index (κ2) is 5.12. The molecule has 0 aromatic carbocycles. The number of esters is 1.